The summed E-state index contributed by atoms with van der Waals surface area (Å²) in [6.45, 7) is 1.26. The SMILES string of the molecule is C[N+](C)(C)CCOC(=O)C=Cc1ccccc1.[Cl-]. The number of carbonyl (C=O) groups is 1. The van der Waals surface area contributed by atoms with Crippen LogP contribution in [0.15, 0.2) is 36.4 Å². The van der Waals surface area contributed by atoms with Crippen molar-refractivity contribution in [2.75, 3.05) is 34.3 Å². The molecule has 0 aromatic heterocycles. The summed E-state index contributed by atoms with van der Waals surface area (Å²) in [5, 5.41) is 0. The van der Waals surface area contributed by atoms with Gasteiger partial charge in [-0.2, -0.15) is 0 Å². The standard InChI is InChI=1S/C14H20NO2.ClH/c1-15(2,3)11-12-17-14(16)10-9-13-7-5-4-6-8-13;/h4-10H,11-12H2,1-3H3;1H/q+1;/p-1. The van der Waals surface area contributed by atoms with E-state index < -0.39 is 0 Å². The molecule has 0 aliphatic heterocycles. The number of carbonyl (C=O) groups excluding carboxylic acids is 1. The smallest absolute Gasteiger partial charge is 0.330 e. The van der Waals surface area contributed by atoms with Crippen LogP contribution in [0, 0.1) is 0 Å². The van der Waals surface area contributed by atoms with Crippen molar-refractivity contribution in [3.8, 4) is 0 Å². The third-order valence-corrected chi connectivity index (χ3v) is 2.22. The number of hydrogen-bond acceptors (Lipinski definition) is 2. The maximum absolute atomic E-state index is 11.4. The van der Waals surface area contributed by atoms with Crippen molar-refractivity contribution in [3.63, 3.8) is 0 Å². The second kappa shape index (κ2) is 7.90. The van der Waals surface area contributed by atoms with Crippen molar-refractivity contribution in [3.05, 3.63) is 42.0 Å². The highest BCUT2D eigenvalue weighted by Gasteiger charge is 2.07. The molecule has 0 spiro atoms. The Labute approximate surface area is 115 Å². The van der Waals surface area contributed by atoms with Crippen molar-refractivity contribution in [1.82, 2.24) is 0 Å². The fourth-order valence-corrected chi connectivity index (χ4v) is 1.20. The summed E-state index contributed by atoms with van der Waals surface area (Å²) in [5.74, 6) is -0.290. The highest BCUT2D eigenvalue weighted by Crippen LogP contribution is 2.01. The number of ether oxygens (including phenoxy) is 1. The predicted octanol–water partition coefficient (Wildman–Crippen LogP) is -1.05. The minimum Gasteiger partial charge on any atom is -1.00 e. The van der Waals surface area contributed by atoms with Gasteiger partial charge in [0.15, 0.2) is 0 Å². The van der Waals surface area contributed by atoms with Crippen molar-refractivity contribution < 1.29 is 26.4 Å². The van der Waals surface area contributed by atoms with E-state index in [4.69, 9.17) is 4.74 Å². The van der Waals surface area contributed by atoms with E-state index >= 15 is 0 Å². The van der Waals surface area contributed by atoms with Crippen LogP contribution < -0.4 is 12.4 Å². The summed E-state index contributed by atoms with van der Waals surface area (Å²) in [7, 11) is 6.19. The summed E-state index contributed by atoms with van der Waals surface area (Å²) in [4.78, 5) is 11.4. The normalized spacial score (nSPS) is 11.1. The van der Waals surface area contributed by atoms with Crippen molar-refractivity contribution >= 4 is 12.0 Å². The van der Waals surface area contributed by atoms with Gasteiger partial charge in [-0.3, -0.25) is 0 Å². The molecule has 0 fully saturated rings. The molecular weight excluding hydrogens is 250 g/mol. The van der Waals surface area contributed by atoms with E-state index in [9.17, 15) is 4.79 Å². The Bertz CT molecular complexity index is 383. The Kier molecular flexibility index (Phi) is 7.32. The lowest BCUT2D eigenvalue weighted by Crippen LogP contribution is -3.00. The first-order chi connectivity index (χ1) is 7.97. The third kappa shape index (κ3) is 7.87. The molecule has 18 heavy (non-hydrogen) atoms. The van der Waals surface area contributed by atoms with Crippen LogP contribution in [0.2, 0.25) is 0 Å². The Morgan fingerprint density at radius 3 is 2.39 bits per heavy atom. The molecule has 3 nitrogen and oxygen atoms in total. The largest absolute Gasteiger partial charge is 1.00 e. The van der Waals surface area contributed by atoms with Crippen molar-refractivity contribution in [2.45, 2.75) is 0 Å². The lowest BCUT2D eigenvalue weighted by Gasteiger charge is -2.23. The molecule has 0 amide bonds. The molecule has 0 aliphatic rings. The number of likely N-dealkylation sites (N-methyl/N-ethyl adjacent to an activating group) is 1. The topological polar surface area (TPSA) is 26.3 Å². The van der Waals surface area contributed by atoms with E-state index in [1.165, 1.54) is 6.08 Å². The van der Waals surface area contributed by atoms with E-state index in [1.54, 1.807) is 6.08 Å². The number of quaternary nitrogens is 1. The van der Waals surface area contributed by atoms with E-state index in [-0.39, 0.29) is 18.4 Å². The number of nitrogens with zero attached hydrogens (tertiary/aromatic N) is 1. The van der Waals surface area contributed by atoms with Crippen molar-refractivity contribution in [2.24, 2.45) is 0 Å². The Balaban J connectivity index is 0.00000289. The molecule has 1 rings (SSSR count). The number of benzene rings is 1. The van der Waals surface area contributed by atoms with Crippen LogP contribution in [0.3, 0.4) is 0 Å². The number of hydrogen-bond donors (Lipinski definition) is 0. The summed E-state index contributed by atoms with van der Waals surface area (Å²) >= 11 is 0. The Morgan fingerprint density at radius 2 is 1.83 bits per heavy atom. The zero-order valence-corrected chi connectivity index (χ0v) is 11.9. The average Bonchev–Trinajstić information content (AvgIpc) is 2.26. The van der Waals surface area contributed by atoms with Crippen LogP contribution in [0.5, 0.6) is 0 Å². The fraction of sp³-hybridized carbons (Fsp3) is 0.357. The molecule has 0 bridgehead atoms. The molecule has 0 saturated heterocycles. The summed E-state index contributed by atoms with van der Waals surface area (Å²) < 4.78 is 5.89. The molecule has 0 unspecified atom stereocenters. The molecule has 4 heteroatoms. The monoisotopic (exact) mass is 269 g/mol. The highest BCUT2D eigenvalue weighted by molar-refractivity contribution is 5.86. The molecule has 0 heterocycles. The molecule has 1 aromatic rings. The van der Waals surface area contributed by atoms with Gasteiger partial charge in [-0.15, -0.1) is 0 Å². The lowest BCUT2D eigenvalue weighted by molar-refractivity contribution is -0.870. The lowest BCUT2D eigenvalue weighted by atomic mass is 10.2. The van der Waals surface area contributed by atoms with Gasteiger partial charge in [0, 0.05) is 6.08 Å². The van der Waals surface area contributed by atoms with Gasteiger partial charge in [-0.1, -0.05) is 30.3 Å². The minimum absolute atomic E-state index is 0. The predicted molar refractivity (Wildman–Crippen MR) is 69.3 cm³/mol. The van der Waals surface area contributed by atoms with Gasteiger partial charge in [-0.05, 0) is 11.6 Å². The van der Waals surface area contributed by atoms with Gasteiger partial charge < -0.3 is 21.6 Å². The first kappa shape index (κ1) is 16.7. The second-order valence-corrected chi connectivity index (χ2v) is 4.93. The molecular formula is C14H20ClNO2. The number of esters is 1. The second-order valence-electron chi connectivity index (χ2n) is 4.93. The van der Waals surface area contributed by atoms with Crippen LogP contribution in [0.4, 0.5) is 0 Å². The van der Waals surface area contributed by atoms with Gasteiger partial charge in [0.25, 0.3) is 0 Å². The molecule has 0 N–H and O–H groups in total. The van der Waals surface area contributed by atoms with E-state index in [2.05, 4.69) is 21.1 Å². The zero-order chi connectivity index (χ0) is 12.7. The summed E-state index contributed by atoms with van der Waals surface area (Å²) in [6.07, 6.45) is 3.22. The first-order valence-corrected chi connectivity index (χ1v) is 5.68. The van der Waals surface area contributed by atoms with Crippen LogP contribution in [0.25, 0.3) is 6.08 Å². The summed E-state index contributed by atoms with van der Waals surface area (Å²) in [5.41, 5.74) is 0.996. The fourth-order valence-electron chi connectivity index (χ4n) is 1.20. The van der Waals surface area contributed by atoms with Gasteiger partial charge in [-0.25, -0.2) is 4.79 Å². The Morgan fingerprint density at radius 1 is 1.22 bits per heavy atom. The van der Waals surface area contributed by atoms with Gasteiger partial charge in [0.05, 0.1) is 21.1 Å². The number of halogens is 1. The first-order valence-electron chi connectivity index (χ1n) is 5.68. The van der Waals surface area contributed by atoms with Gasteiger partial charge >= 0.3 is 5.97 Å². The molecule has 0 aliphatic carbocycles. The number of rotatable bonds is 5. The summed E-state index contributed by atoms with van der Waals surface area (Å²) in [6, 6.07) is 9.69. The van der Waals surface area contributed by atoms with Crippen LogP contribution in [-0.4, -0.2) is 44.7 Å². The zero-order valence-electron chi connectivity index (χ0n) is 11.1. The van der Waals surface area contributed by atoms with Crippen molar-refractivity contribution in [1.29, 1.82) is 0 Å². The minimum atomic E-state index is -0.290. The van der Waals surface area contributed by atoms with Crippen LogP contribution in [0.1, 0.15) is 5.56 Å². The molecule has 0 atom stereocenters. The van der Waals surface area contributed by atoms with E-state index in [1.807, 2.05) is 30.3 Å². The molecule has 0 radical (unpaired) electrons. The average molecular weight is 270 g/mol. The van der Waals surface area contributed by atoms with Gasteiger partial charge in [0.2, 0.25) is 0 Å². The maximum atomic E-state index is 11.4. The van der Waals surface area contributed by atoms with E-state index in [0.29, 0.717) is 6.61 Å². The maximum Gasteiger partial charge on any atom is 0.330 e. The van der Waals surface area contributed by atoms with E-state index in [0.717, 1.165) is 16.6 Å². The third-order valence-electron chi connectivity index (χ3n) is 2.22. The van der Waals surface area contributed by atoms with Crippen LogP contribution in [-0.2, 0) is 9.53 Å². The Hall–Kier alpha value is -1.32. The van der Waals surface area contributed by atoms with Crippen LogP contribution >= 0.6 is 0 Å². The molecule has 0 saturated carbocycles. The highest BCUT2D eigenvalue weighted by atomic mass is 35.5. The van der Waals surface area contributed by atoms with Gasteiger partial charge in [0.1, 0.15) is 13.2 Å². The quantitative estimate of drug-likeness (QED) is 0.388. The molecule has 100 valence electrons. The molecule has 1 aromatic carbocycles.